The van der Waals surface area contributed by atoms with Gasteiger partial charge in [0, 0.05) is 17.2 Å². The summed E-state index contributed by atoms with van der Waals surface area (Å²) in [6.45, 7) is 0. The third-order valence-electron chi connectivity index (χ3n) is 2.17. The van der Waals surface area contributed by atoms with Gasteiger partial charge in [-0.05, 0) is 17.7 Å². The minimum absolute atomic E-state index is 0.432. The fourth-order valence-corrected chi connectivity index (χ4v) is 1.64. The van der Waals surface area contributed by atoms with Crippen LogP contribution in [0.15, 0.2) is 48.6 Å². The molecule has 0 unspecified atom stereocenters. The van der Waals surface area contributed by atoms with Crippen molar-refractivity contribution in [2.24, 2.45) is 0 Å². The summed E-state index contributed by atoms with van der Waals surface area (Å²) in [4.78, 5) is 11.2. The summed E-state index contributed by atoms with van der Waals surface area (Å²) in [7, 11) is 0. The molecule has 0 spiro atoms. The number of carbonyl (C=O) groups excluding carboxylic acids is 1. The van der Waals surface area contributed by atoms with E-state index in [1.54, 1.807) is 12.1 Å². The Kier molecular flexibility index (Phi) is 2.77. The zero-order valence-electron chi connectivity index (χ0n) is 7.91. The van der Waals surface area contributed by atoms with Gasteiger partial charge in [0.25, 0.3) is 5.24 Å². The number of halogens is 1. The van der Waals surface area contributed by atoms with Crippen LogP contribution in [0, 0.1) is 6.08 Å². The third-order valence-corrected chi connectivity index (χ3v) is 2.37. The molecule has 0 aromatic heterocycles. The van der Waals surface area contributed by atoms with Gasteiger partial charge in [0.2, 0.25) is 0 Å². The molecule has 0 aliphatic heterocycles. The summed E-state index contributed by atoms with van der Waals surface area (Å²) in [5, 5.41) is -0.432. The van der Waals surface area contributed by atoms with Crippen LogP contribution in [0.2, 0.25) is 0 Å². The molecule has 0 fully saturated rings. The van der Waals surface area contributed by atoms with E-state index in [4.69, 9.17) is 11.6 Å². The van der Waals surface area contributed by atoms with Gasteiger partial charge in [0.15, 0.2) is 0 Å². The molecule has 0 bridgehead atoms. The second-order valence-electron chi connectivity index (χ2n) is 3.11. The zero-order valence-corrected chi connectivity index (χ0v) is 8.66. The van der Waals surface area contributed by atoms with E-state index < -0.39 is 5.24 Å². The van der Waals surface area contributed by atoms with Crippen LogP contribution >= 0.6 is 11.6 Å². The van der Waals surface area contributed by atoms with E-state index in [0.717, 1.165) is 11.1 Å². The predicted octanol–water partition coefficient (Wildman–Crippen LogP) is 3.38. The summed E-state index contributed by atoms with van der Waals surface area (Å²) in [6.07, 6.45) is 10.4. The van der Waals surface area contributed by atoms with Crippen LogP contribution in [-0.4, -0.2) is 5.24 Å². The highest BCUT2D eigenvalue weighted by molar-refractivity contribution is 6.68. The minimum Gasteiger partial charge on any atom is -0.276 e. The molecule has 1 aliphatic rings. The van der Waals surface area contributed by atoms with Crippen molar-refractivity contribution in [1.82, 2.24) is 0 Å². The lowest BCUT2D eigenvalue weighted by Gasteiger charge is -2.02. The maximum Gasteiger partial charge on any atom is 0.253 e. The van der Waals surface area contributed by atoms with Gasteiger partial charge in [-0.2, -0.15) is 0 Å². The number of hydrogen-bond acceptors (Lipinski definition) is 1. The predicted molar refractivity (Wildman–Crippen MR) is 61.6 cm³/mol. The molecule has 0 atom stereocenters. The first-order valence-corrected chi connectivity index (χ1v) is 4.92. The first kappa shape index (κ1) is 9.85. The molecule has 72 valence electrons. The number of hydrogen-bond donors (Lipinski definition) is 0. The Morgan fingerprint density at radius 1 is 1.27 bits per heavy atom. The van der Waals surface area contributed by atoms with Crippen LogP contribution in [0.1, 0.15) is 15.9 Å². The first-order chi connectivity index (χ1) is 7.29. The summed E-state index contributed by atoms with van der Waals surface area (Å²) >= 11 is 5.51. The molecule has 0 heterocycles. The fourth-order valence-electron chi connectivity index (χ4n) is 1.47. The van der Waals surface area contributed by atoms with E-state index in [0.29, 0.717) is 5.56 Å². The molecule has 15 heavy (non-hydrogen) atoms. The third kappa shape index (κ3) is 2.04. The molecule has 0 saturated heterocycles. The van der Waals surface area contributed by atoms with E-state index in [1.165, 1.54) is 0 Å². The van der Waals surface area contributed by atoms with Gasteiger partial charge in [-0.15, -0.1) is 0 Å². The molecular weight excluding hydrogens is 208 g/mol. The van der Waals surface area contributed by atoms with Crippen LogP contribution in [0.25, 0.3) is 5.57 Å². The molecule has 0 amide bonds. The van der Waals surface area contributed by atoms with Gasteiger partial charge < -0.3 is 0 Å². The van der Waals surface area contributed by atoms with Crippen molar-refractivity contribution in [2.75, 3.05) is 0 Å². The van der Waals surface area contributed by atoms with Gasteiger partial charge in [-0.25, -0.2) is 0 Å². The Balaban J connectivity index is 2.53. The molecule has 1 aliphatic carbocycles. The quantitative estimate of drug-likeness (QED) is 0.546. The van der Waals surface area contributed by atoms with E-state index in [1.807, 2.05) is 36.4 Å². The van der Waals surface area contributed by atoms with Gasteiger partial charge in [-0.3, -0.25) is 4.79 Å². The average Bonchev–Trinajstić information content (AvgIpc) is 2.30. The number of benzene rings is 1. The van der Waals surface area contributed by atoms with Crippen LogP contribution < -0.4 is 0 Å². The summed E-state index contributed by atoms with van der Waals surface area (Å²) in [5.74, 6) is 0. The molecule has 1 aromatic carbocycles. The summed E-state index contributed by atoms with van der Waals surface area (Å²) < 4.78 is 0. The lowest BCUT2D eigenvalue weighted by molar-refractivity contribution is 0.108. The molecule has 0 saturated carbocycles. The molecule has 0 radical (unpaired) electrons. The smallest absolute Gasteiger partial charge is 0.253 e. The van der Waals surface area contributed by atoms with Crippen molar-refractivity contribution >= 4 is 22.4 Å². The summed E-state index contributed by atoms with van der Waals surface area (Å²) in [6, 6.07) is 7.29. The Bertz CT molecular complexity index is 481. The van der Waals surface area contributed by atoms with Gasteiger partial charge >= 0.3 is 0 Å². The molecular formula is C13H8ClO+. The zero-order chi connectivity index (χ0) is 10.7. The standard InChI is InChI=1S/C13H8ClO/c14-13(15)12-9-5-4-8-11(12)10-6-2-1-3-7-10/h2-9H/q+1. The lowest BCUT2D eigenvalue weighted by atomic mass is 9.98. The highest BCUT2D eigenvalue weighted by atomic mass is 35.5. The van der Waals surface area contributed by atoms with Crippen LogP contribution in [0.3, 0.4) is 0 Å². The van der Waals surface area contributed by atoms with Crippen LogP contribution in [-0.2, 0) is 0 Å². The van der Waals surface area contributed by atoms with Crippen molar-refractivity contribution in [3.8, 4) is 0 Å². The second kappa shape index (κ2) is 4.22. The minimum atomic E-state index is -0.432. The van der Waals surface area contributed by atoms with Gasteiger partial charge in [0.05, 0.1) is 17.7 Å². The second-order valence-corrected chi connectivity index (χ2v) is 3.45. The Labute approximate surface area is 93.4 Å². The van der Waals surface area contributed by atoms with Crippen molar-refractivity contribution in [2.45, 2.75) is 0 Å². The highest BCUT2D eigenvalue weighted by Crippen LogP contribution is 2.23. The van der Waals surface area contributed by atoms with Gasteiger partial charge in [-0.1, -0.05) is 18.2 Å². The van der Waals surface area contributed by atoms with Gasteiger partial charge in [0.1, 0.15) is 12.2 Å². The molecule has 1 aromatic rings. The Morgan fingerprint density at radius 2 is 2.07 bits per heavy atom. The topological polar surface area (TPSA) is 17.1 Å². The monoisotopic (exact) mass is 215 g/mol. The fraction of sp³-hybridized carbons (Fsp3) is 0. The first-order valence-electron chi connectivity index (χ1n) is 4.54. The Hall–Kier alpha value is -1.69. The van der Waals surface area contributed by atoms with Crippen molar-refractivity contribution < 1.29 is 4.79 Å². The normalized spacial score (nSPS) is 13.3. The molecule has 0 N–H and O–H groups in total. The average molecular weight is 216 g/mol. The van der Waals surface area contributed by atoms with E-state index >= 15 is 0 Å². The largest absolute Gasteiger partial charge is 0.276 e. The van der Waals surface area contributed by atoms with Crippen molar-refractivity contribution in [3.05, 3.63) is 65.8 Å². The molecule has 1 nitrogen and oxygen atoms in total. The number of rotatable bonds is 2. The van der Waals surface area contributed by atoms with Crippen LogP contribution in [0.5, 0.6) is 0 Å². The van der Waals surface area contributed by atoms with Crippen molar-refractivity contribution in [3.63, 3.8) is 0 Å². The number of carbonyl (C=O) groups is 1. The van der Waals surface area contributed by atoms with E-state index in [9.17, 15) is 4.79 Å². The molecule has 2 rings (SSSR count). The SMILES string of the molecule is O=C(Cl)c1ccccc1C1=CC=[C+]C=C1. The number of allylic oxidation sites excluding steroid dienone is 6. The Morgan fingerprint density at radius 3 is 2.73 bits per heavy atom. The summed E-state index contributed by atoms with van der Waals surface area (Å²) in [5.41, 5.74) is 2.36. The van der Waals surface area contributed by atoms with E-state index in [2.05, 4.69) is 6.08 Å². The van der Waals surface area contributed by atoms with Crippen molar-refractivity contribution in [1.29, 1.82) is 0 Å². The lowest BCUT2D eigenvalue weighted by Crippen LogP contribution is -1.96. The highest BCUT2D eigenvalue weighted by Gasteiger charge is 2.14. The van der Waals surface area contributed by atoms with Crippen LogP contribution in [0.4, 0.5) is 0 Å². The van der Waals surface area contributed by atoms with E-state index in [-0.39, 0.29) is 0 Å². The maximum absolute atomic E-state index is 11.2. The molecule has 2 heteroatoms. The maximum atomic E-state index is 11.2.